The molecule has 1 fully saturated rings. The number of aryl methyl sites for hydroxylation is 1. The van der Waals surface area contributed by atoms with E-state index in [1.54, 1.807) is 0 Å². The second-order valence-corrected chi connectivity index (χ2v) is 4.02. The van der Waals surface area contributed by atoms with Crippen molar-refractivity contribution in [3.05, 3.63) is 17.5 Å². The molecular weight excluding hydrogens is 150 g/mol. The molecule has 0 radical (unpaired) electrons. The van der Waals surface area contributed by atoms with Gasteiger partial charge < -0.3 is 5.32 Å². The zero-order valence-electron chi connectivity index (χ0n) is 7.30. The summed E-state index contributed by atoms with van der Waals surface area (Å²) in [5.41, 5.74) is 2.89. The highest BCUT2D eigenvalue weighted by molar-refractivity contribution is 5.18. The molecule has 0 saturated heterocycles. The van der Waals surface area contributed by atoms with Crippen molar-refractivity contribution in [1.29, 1.82) is 0 Å². The Balaban J connectivity index is 2.15. The molecule has 0 bridgehead atoms. The minimum atomic E-state index is 0.377. The topological polar surface area (TPSA) is 29.9 Å². The second kappa shape index (κ2) is 1.91. The monoisotopic (exact) mass is 163 g/mol. The highest BCUT2D eigenvalue weighted by atomic mass is 15.4. The van der Waals surface area contributed by atoms with E-state index in [1.165, 1.54) is 18.5 Å². The van der Waals surface area contributed by atoms with Crippen LogP contribution in [0.1, 0.15) is 24.2 Å². The van der Waals surface area contributed by atoms with Gasteiger partial charge in [-0.3, -0.25) is 4.68 Å². The summed E-state index contributed by atoms with van der Waals surface area (Å²) in [4.78, 5) is 0. The first-order valence-corrected chi connectivity index (χ1v) is 4.57. The van der Waals surface area contributed by atoms with Crippen molar-refractivity contribution in [3.63, 3.8) is 0 Å². The van der Waals surface area contributed by atoms with Crippen molar-refractivity contribution in [3.8, 4) is 0 Å². The van der Waals surface area contributed by atoms with E-state index in [-0.39, 0.29) is 0 Å². The molecule has 1 N–H and O–H groups in total. The lowest BCUT2D eigenvalue weighted by molar-refractivity contribution is 0.345. The number of nitrogens with one attached hydrogen (secondary N) is 1. The Labute approximate surface area is 71.8 Å². The molecule has 2 heterocycles. The van der Waals surface area contributed by atoms with E-state index >= 15 is 0 Å². The van der Waals surface area contributed by atoms with Crippen molar-refractivity contribution in [2.75, 3.05) is 6.54 Å². The van der Waals surface area contributed by atoms with Gasteiger partial charge in [-0.05, 0) is 25.8 Å². The predicted molar refractivity (Wildman–Crippen MR) is 45.9 cm³/mol. The smallest absolute Gasteiger partial charge is 0.0757 e. The number of hydrogen-bond donors (Lipinski definition) is 1. The van der Waals surface area contributed by atoms with E-state index in [4.69, 9.17) is 0 Å². The van der Waals surface area contributed by atoms with Crippen LogP contribution in [-0.4, -0.2) is 16.3 Å². The molecule has 1 aliphatic heterocycles. The van der Waals surface area contributed by atoms with Gasteiger partial charge in [0.05, 0.1) is 16.9 Å². The summed E-state index contributed by atoms with van der Waals surface area (Å²) in [7, 11) is 0. The molecular formula is C9H13N3. The molecule has 0 unspecified atom stereocenters. The molecule has 0 atom stereocenters. The van der Waals surface area contributed by atoms with Crippen LogP contribution in [-0.2, 0) is 12.1 Å². The van der Waals surface area contributed by atoms with Crippen molar-refractivity contribution in [2.24, 2.45) is 0 Å². The largest absolute Gasteiger partial charge is 0.309 e. The molecule has 0 aromatic carbocycles. The molecule has 3 nitrogen and oxygen atoms in total. The minimum Gasteiger partial charge on any atom is -0.309 e. The van der Waals surface area contributed by atoms with Crippen LogP contribution < -0.4 is 5.32 Å². The summed E-state index contributed by atoms with van der Waals surface area (Å²) in [5, 5.41) is 7.99. The van der Waals surface area contributed by atoms with Gasteiger partial charge in [0.25, 0.3) is 0 Å². The molecule has 1 aromatic rings. The van der Waals surface area contributed by atoms with Crippen molar-refractivity contribution in [1.82, 2.24) is 15.1 Å². The first kappa shape index (κ1) is 6.66. The molecule has 0 amide bonds. The Bertz CT molecular complexity index is 323. The Morgan fingerprint density at radius 3 is 3.17 bits per heavy atom. The van der Waals surface area contributed by atoms with Gasteiger partial charge in [-0.1, -0.05) is 0 Å². The summed E-state index contributed by atoms with van der Waals surface area (Å²) in [6.45, 7) is 4.17. The second-order valence-electron chi connectivity index (χ2n) is 4.02. The lowest BCUT2D eigenvalue weighted by Crippen LogP contribution is -2.39. The number of nitrogens with zero attached hydrogens (tertiary/aromatic N) is 2. The summed E-state index contributed by atoms with van der Waals surface area (Å²) < 4.78 is 2.25. The molecule has 3 rings (SSSR count). The molecule has 1 aromatic heterocycles. The summed E-state index contributed by atoms with van der Waals surface area (Å²) in [6, 6.07) is 2.19. The van der Waals surface area contributed by atoms with Crippen LogP contribution >= 0.6 is 0 Å². The van der Waals surface area contributed by atoms with Crippen LogP contribution in [0.25, 0.3) is 0 Å². The van der Waals surface area contributed by atoms with Gasteiger partial charge in [-0.2, -0.15) is 5.10 Å². The Morgan fingerprint density at radius 1 is 1.58 bits per heavy atom. The quantitative estimate of drug-likeness (QED) is 0.612. The predicted octanol–water partition coefficient (Wildman–Crippen LogP) is 0.784. The maximum atomic E-state index is 4.54. The van der Waals surface area contributed by atoms with Crippen molar-refractivity contribution < 1.29 is 0 Å². The van der Waals surface area contributed by atoms with E-state index in [9.17, 15) is 0 Å². The number of fused-ring (bicyclic) bond motifs is 2. The van der Waals surface area contributed by atoms with Gasteiger partial charge in [0.15, 0.2) is 0 Å². The number of aromatic nitrogens is 2. The fourth-order valence-electron chi connectivity index (χ4n) is 2.12. The molecule has 1 spiro atoms. The summed E-state index contributed by atoms with van der Waals surface area (Å²) >= 11 is 0. The first-order chi connectivity index (χ1) is 5.80. The molecule has 12 heavy (non-hydrogen) atoms. The third kappa shape index (κ3) is 0.719. The van der Waals surface area contributed by atoms with Crippen LogP contribution in [0.15, 0.2) is 6.07 Å². The maximum Gasteiger partial charge on any atom is 0.0757 e. The van der Waals surface area contributed by atoms with Gasteiger partial charge >= 0.3 is 0 Å². The summed E-state index contributed by atoms with van der Waals surface area (Å²) in [6.07, 6.45) is 2.60. The van der Waals surface area contributed by atoms with Gasteiger partial charge in [0.2, 0.25) is 0 Å². The van der Waals surface area contributed by atoms with E-state index in [1.807, 2.05) is 0 Å². The number of rotatable bonds is 0. The highest BCUT2D eigenvalue weighted by Gasteiger charge is 2.47. The van der Waals surface area contributed by atoms with E-state index in [0.29, 0.717) is 5.54 Å². The Kier molecular flexibility index (Phi) is 1.06. The van der Waals surface area contributed by atoms with Gasteiger partial charge in [0, 0.05) is 13.1 Å². The van der Waals surface area contributed by atoms with Crippen LogP contribution in [0.3, 0.4) is 0 Å². The zero-order chi connectivity index (χ0) is 8.18. The average Bonchev–Trinajstić information content (AvgIpc) is 2.68. The third-order valence-corrected chi connectivity index (χ3v) is 2.94. The van der Waals surface area contributed by atoms with E-state index < -0.39 is 0 Å². The highest BCUT2D eigenvalue weighted by Crippen LogP contribution is 2.44. The lowest BCUT2D eigenvalue weighted by atomic mass is 10.2. The molecule has 2 aliphatic rings. The van der Waals surface area contributed by atoms with E-state index in [2.05, 4.69) is 28.1 Å². The number of hydrogen-bond acceptors (Lipinski definition) is 2. The van der Waals surface area contributed by atoms with Crippen LogP contribution in [0.5, 0.6) is 0 Å². The minimum absolute atomic E-state index is 0.377. The molecule has 3 heteroatoms. The Morgan fingerprint density at radius 2 is 2.42 bits per heavy atom. The Hall–Kier alpha value is -0.830. The van der Waals surface area contributed by atoms with Gasteiger partial charge in [0.1, 0.15) is 0 Å². The fraction of sp³-hybridized carbons (Fsp3) is 0.667. The lowest BCUT2D eigenvalue weighted by Gasteiger charge is -2.24. The van der Waals surface area contributed by atoms with Crippen LogP contribution in [0.2, 0.25) is 0 Å². The first-order valence-electron chi connectivity index (χ1n) is 4.57. The summed E-state index contributed by atoms with van der Waals surface area (Å²) in [5.74, 6) is 0. The SMILES string of the molecule is Cc1cc2n(n1)C1(CC1)CNC2. The van der Waals surface area contributed by atoms with Gasteiger partial charge in [-0.25, -0.2) is 0 Å². The maximum absolute atomic E-state index is 4.54. The van der Waals surface area contributed by atoms with Crippen molar-refractivity contribution >= 4 is 0 Å². The average molecular weight is 163 g/mol. The molecule has 64 valence electrons. The fourth-order valence-corrected chi connectivity index (χ4v) is 2.12. The normalized spacial score (nSPS) is 24.1. The third-order valence-electron chi connectivity index (χ3n) is 2.94. The molecule has 1 aliphatic carbocycles. The standard InChI is InChI=1S/C9H13N3/c1-7-4-8-5-10-6-9(2-3-9)12(8)11-7/h4,10H,2-3,5-6H2,1H3. The zero-order valence-corrected chi connectivity index (χ0v) is 7.30. The molecule has 1 saturated carbocycles. The van der Waals surface area contributed by atoms with Gasteiger partial charge in [-0.15, -0.1) is 0 Å². The van der Waals surface area contributed by atoms with Crippen molar-refractivity contribution in [2.45, 2.75) is 31.8 Å². The van der Waals surface area contributed by atoms with Crippen LogP contribution in [0, 0.1) is 6.92 Å². The van der Waals surface area contributed by atoms with E-state index in [0.717, 1.165) is 18.8 Å². The van der Waals surface area contributed by atoms with Crippen LogP contribution in [0.4, 0.5) is 0 Å².